The van der Waals surface area contributed by atoms with Crippen LogP contribution in [0.1, 0.15) is 33.3 Å². The minimum absolute atomic E-state index is 0.226. The van der Waals surface area contributed by atoms with Gasteiger partial charge in [-0.3, -0.25) is 4.79 Å². The van der Waals surface area contributed by atoms with Gasteiger partial charge in [0.05, 0.1) is 5.69 Å². The molecule has 2 rings (SSSR count). The Labute approximate surface area is 106 Å². The number of benzene rings is 1. The molecule has 1 N–H and O–H groups in total. The highest BCUT2D eigenvalue weighted by Crippen LogP contribution is 2.10. The molecule has 1 aromatic heterocycles. The minimum Gasteiger partial charge on any atom is -0.436 e. The number of amides is 1. The van der Waals surface area contributed by atoms with Gasteiger partial charge in [0.25, 0.3) is 5.91 Å². The van der Waals surface area contributed by atoms with Crippen LogP contribution in [0, 0.1) is 20.8 Å². The number of aromatic nitrogens is 1. The molecule has 18 heavy (non-hydrogen) atoms. The van der Waals surface area contributed by atoms with Crippen LogP contribution in [0.15, 0.2) is 28.7 Å². The van der Waals surface area contributed by atoms with E-state index in [1.807, 2.05) is 31.2 Å². The topological polar surface area (TPSA) is 55.1 Å². The van der Waals surface area contributed by atoms with E-state index in [0.29, 0.717) is 23.9 Å². The van der Waals surface area contributed by atoms with Gasteiger partial charge in [-0.2, -0.15) is 0 Å². The number of aryl methyl sites for hydroxylation is 3. The molecule has 0 radical (unpaired) electrons. The van der Waals surface area contributed by atoms with Crippen molar-refractivity contribution < 1.29 is 9.21 Å². The molecule has 0 unspecified atom stereocenters. The summed E-state index contributed by atoms with van der Waals surface area (Å²) in [5.41, 5.74) is 2.87. The van der Waals surface area contributed by atoms with E-state index >= 15 is 0 Å². The van der Waals surface area contributed by atoms with Gasteiger partial charge in [-0.1, -0.05) is 24.3 Å². The molecule has 0 bridgehead atoms. The second kappa shape index (κ2) is 5.04. The van der Waals surface area contributed by atoms with Crippen molar-refractivity contribution in [2.75, 3.05) is 0 Å². The molecule has 0 aliphatic carbocycles. The van der Waals surface area contributed by atoms with Gasteiger partial charge in [-0.05, 0) is 25.0 Å². The van der Waals surface area contributed by atoms with Crippen molar-refractivity contribution in [1.82, 2.24) is 10.3 Å². The summed E-state index contributed by atoms with van der Waals surface area (Å²) in [7, 11) is 0. The van der Waals surface area contributed by atoms with Gasteiger partial charge in [-0.25, -0.2) is 4.98 Å². The number of nitrogens with zero attached hydrogens (tertiary/aromatic N) is 1. The number of hydrogen-bond donors (Lipinski definition) is 1. The first kappa shape index (κ1) is 12.4. The fourth-order valence-corrected chi connectivity index (χ4v) is 1.81. The van der Waals surface area contributed by atoms with Crippen LogP contribution in [0.3, 0.4) is 0 Å². The molecule has 4 nitrogen and oxygen atoms in total. The monoisotopic (exact) mass is 244 g/mol. The molecule has 1 heterocycles. The fraction of sp³-hybridized carbons (Fsp3) is 0.286. The highest BCUT2D eigenvalue weighted by atomic mass is 16.4. The third-order valence-corrected chi connectivity index (χ3v) is 2.81. The Balaban J connectivity index is 2.05. The SMILES string of the molecule is Cc1nc(C)c(C(=O)NCc2ccccc2C)o1. The molecule has 0 saturated heterocycles. The maximum absolute atomic E-state index is 11.9. The van der Waals surface area contributed by atoms with Crippen LogP contribution < -0.4 is 5.32 Å². The zero-order valence-electron chi connectivity index (χ0n) is 10.8. The molecule has 4 heteroatoms. The maximum atomic E-state index is 11.9. The Hall–Kier alpha value is -2.10. The molecule has 0 aliphatic heterocycles. The Bertz CT molecular complexity index is 573. The number of hydrogen-bond acceptors (Lipinski definition) is 3. The molecule has 1 amide bonds. The normalized spacial score (nSPS) is 10.4. The highest BCUT2D eigenvalue weighted by Gasteiger charge is 2.15. The maximum Gasteiger partial charge on any atom is 0.289 e. The molecule has 2 aromatic rings. The predicted octanol–water partition coefficient (Wildman–Crippen LogP) is 2.53. The van der Waals surface area contributed by atoms with Crippen LogP contribution in [-0.2, 0) is 6.54 Å². The number of rotatable bonds is 3. The van der Waals surface area contributed by atoms with Crippen molar-refractivity contribution in [1.29, 1.82) is 0 Å². The van der Waals surface area contributed by atoms with Gasteiger partial charge in [-0.15, -0.1) is 0 Å². The van der Waals surface area contributed by atoms with Crippen LogP contribution in [0.2, 0.25) is 0 Å². The van der Waals surface area contributed by atoms with Gasteiger partial charge in [0, 0.05) is 13.5 Å². The van der Waals surface area contributed by atoms with Crippen LogP contribution in [0.25, 0.3) is 0 Å². The van der Waals surface area contributed by atoms with Crippen molar-refractivity contribution >= 4 is 5.91 Å². The average molecular weight is 244 g/mol. The Morgan fingerprint density at radius 1 is 1.28 bits per heavy atom. The minimum atomic E-state index is -0.226. The summed E-state index contributed by atoms with van der Waals surface area (Å²) in [6.45, 7) is 6.00. The van der Waals surface area contributed by atoms with Gasteiger partial charge in [0.15, 0.2) is 5.89 Å². The first-order valence-electron chi connectivity index (χ1n) is 5.84. The lowest BCUT2D eigenvalue weighted by atomic mass is 10.1. The van der Waals surface area contributed by atoms with Gasteiger partial charge in [0.2, 0.25) is 5.76 Å². The molecular weight excluding hydrogens is 228 g/mol. The Morgan fingerprint density at radius 3 is 2.61 bits per heavy atom. The fourth-order valence-electron chi connectivity index (χ4n) is 1.81. The third-order valence-electron chi connectivity index (χ3n) is 2.81. The summed E-state index contributed by atoms with van der Waals surface area (Å²) in [5, 5.41) is 2.84. The van der Waals surface area contributed by atoms with E-state index in [2.05, 4.69) is 10.3 Å². The van der Waals surface area contributed by atoms with E-state index in [4.69, 9.17) is 4.42 Å². The average Bonchev–Trinajstić information content (AvgIpc) is 2.67. The first-order chi connectivity index (χ1) is 8.58. The molecule has 0 saturated carbocycles. The molecule has 1 aromatic carbocycles. The van der Waals surface area contributed by atoms with E-state index in [1.165, 1.54) is 0 Å². The number of carbonyl (C=O) groups excluding carboxylic acids is 1. The molecule has 94 valence electrons. The number of carbonyl (C=O) groups is 1. The van der Waals surface area contributed by atoms with E-state index in [9.17, 15) is 4.79 Å². The quantitative estimate of drug-likeness (QED) is 0.902. The lowest BCUT2D eigenvalue weighted by Crippen LogP contribution is -2.23. The van der Waals surface area contributed by atoms with Gasteiger partial charge in [0.1, 0.15) is 0 Å². The van der Waals surface area contributed by atoms with E-state index in [-0.39, 0.29) is 5.91 Å². The zero-order valence-corrected chi connectivity index (χ0v) is 10.8. The lowest BCUT2D eigenvalue weighted by molar-refractivity contribution is 0.0921. The van der Waals surface area contributed by atoms with Gasteiger partial charge < -0.3 is 9.73 Å². The summed E-state index contributed by atoms with van der Waals surface area (Å²) in [6.07, 6.45) is 0. The van der Waals surface area contributed by atoms with Crippen LogP contribution in [0.4, 0.5) is 0 Å². The second-order valence-corrected chi connectivity index (χ2v) is 4.26. The van der Waals surface area contributed by atoms with Crippen molar-refractivity contribution in [2.45, 2.75) is 27.3 Å². The van der Waals surface area contributed by atoms with Crippen molar-refractivity contribution in [2.24, 2.45) is 0 Å². The summed E-state index contributed by atoms with van der Waals surface area (Å²) in [5.74, 6) is 0.575. The molecule has 0 aliphatic rings. The third kappa shape index (κ3) is 2.59. The van der Waals surface area contributed by atoms with Gasteiger partial charge >= 0.3 is 0 Å². The Morgan fingerprint density at radius 2 is 2.00 bits per heavy atom. The number of oxazole rings is 1. The lowest BCUT2D eigenvalue weighted by Gasteiger charge is -2.06. The van der Waals surface area contributed by atoms with Crippen molar-refractivity contribution in [3.63, 3.8) is 0 Å². The summed E-state index contributed by atoms with van der Waals surface area (Å²) < 4.78 is 5.27. The second-order valence-electron chi connectivity index (χ2n) is 4.26. The van der Waals surface area contributed by atoms with Crippen molar-refractivity contribution in [3.8, 4) is 0 Å². The van der Waals surface area contributed by atoms with Crippen molar-refractivity contribution in [3.05, 3.63) is 52.7 Å². The van der Waals surface area contributed by atoms with E-state index in [1.54, 1.807) is 13.8 Å². The Kier molecular flexibility index (Phi) is 3.46. The molecule has 0 atom stereocenters. The highest BCUT2D eigenvalue weighted by molar-refractivity contribution is 5.92. The largest absolute Gasteiger partial charge is 0.436 e. The predicted molar refractivity (Wildman–Crippen MR) is 68.3 cm³/mol. The standard InChI is InChI=1S/C14H16N2O2/c1-9-6-4-5-7-12(9)8-15-14(17)13-10(2)16-11(3)18-13/h4-7H,8H2,1-3H3,(H,15,17). The summed E-state index contributed by atoms with van der Waals surface area (Å²) in [4.78, 5) is 16.0. The summed E-state index contributed by atoms with van der Waals surface area (Å²) in [6, 6.07) is 7.95. The first-order valence-corrected chi connectivity index (χ1v) is 5.84. The van der Waals surface area contributed by atoms with E-state index < -0.39 is 0 Å². The van der Waals surface area contributed by atoms with E-state index in [0.717, 1.165) is 11.1 Å². The smallest absolute Gasteiger partial charge is 0.289 e. The summed E-state index contributed by atoms with van der Waals surface area (Å²) >= 11 is 0. The zero-order chi connectivity index (χ0) is 13.1. The molecular formula is C14H16N2O2. The molecule has 0 spiro atoms. The van der Waals surface area contributed by atoms with Crippen LogP contribution in [0.5, 0.6) is 0 Å². The van der Waals surface area contributed by atoms with Crippen LogP contribution in [-0.4, -0.2) is 10.9 Å². The number of nitrogens with one attached hydrogen (secondary N) is 1. The molecule has 0 fully saturated rings. The van der Waals surface area contributed by atoms with Crippen LogP contribution >= 0.6 is 0 Å².